The summed E-state index contributed by atoms with van der Waals surface area (Å²) in [6.45, 7) is 0. The third-order valence-corrected chi connectivity index (χ3v) is 14.8. The van der Waals surface area contributed by atoms with Crippen LogP contribution in [0.4, 0.5) is 0 Å². The van der Waals surface area contributed by atoms with Gasteiger partial charge in [-0.2, -0.15) is 0 Å². The van der Waals surface area contributed by atoms with Crippen molar-refractivity contribution < 1.29 is 24.1 Å². The fourth-order valence-corrected chi connectivity index (χ4v) is 11.8. The van der Waals surface area contributed by atoms with Crippen molar-refractivity contribution >= 4 is 54.6 Å². The van der Waals surface area contributed by atoms with Gasteiger partial charge in [-0.25, -0.2) is 9.97 Å². The quantitative estimate of drug-likeness (QED) is 0.144. The number of imidazole rings is 1. The van der Waals surface area contributed by atoms with Gasteiger partial charge in [0.25, 0.3) is 0 Å². The Morgan fingerprint density at radius 2 is 0.877 bits per heavy atom. The molecule has 9 aromatic carbocycles. The van der Waals surface area contributed by atoms with E-state index in [2.05, 4.69) is 256 Å². The van der Waals surface area contributed by atoms with Crippen LogP contribution < -0.4 is 4.74 Å². The monoisotopic (exact) mass is 1120 g/mol. The van der Waals surface area contributed by atoms with E-state index in [4.69, 9.17) is 19.7 Å². The second-order valence-corrected chi connectivity index (χ2v) is 19.0. The summed E-state index contributed by atoms with van der Waals surface area (Å²) in [5.41, 5.74) is 14.8. The predicted octanol–water partition coefficient (Wildman–Crippen LogP) is 15.7. The van der Waals surface area contributed by atoms with Crippen LogP contribution in [0.2, 0.25) is 0 Å². The minimum absolute atomic E-state index is 0.602. The van der Waals surface area contributed by atoms with Crippen molar-refractivity contribution in [2.45, 2.75) is 0 Å². The summed E-state index contributed by atoms with van der Waals surface area (Å²) < 4.78 is 17.2. The number of hydrogen-bond acceptors (Lipinski definition) is 4. The van der Waals surface area contributed by atoms with Gasteiger partial charge in [-0.05, 0) is 18.2 Å². The summed E-state index contributed by atoms with van der Waals surface area (Å²) in [6.07, 6.45) is 5.47. The first-order valence-corrected chi connectivity index (χ1v) is 25.3. The molecule has 0 bridgehead atoms. The van der Waals surface area contributed by atoms with E-state index in [0.717, 1.165) is 98.4 Å². The zero-order valence-electron chi connectivity index (χ0n) is 39.0. The molecule has 0 aliphatic carbocycles. The van der Waals surface area contributed by atoms with Gasteiger partial charge in [0.2, 0.25) is 0 Å². The third kappa shape index (κ3) is 7.09. The number of para-hydroxylation sites is 6. The molecule has 73 heavy (non-hydrogen) atoms. The third-order valence-electron chi connectivity index (χ3n) is 13.8. The van der Waals surface area contributed by atoms with Gasteiger partial charge in [-0.1, -0.05) is 48.5 Å². The minimum atomic E-state index is 0.602. The molecule has 0 atom stereocenters. The summed E-state index contributed by atoms with van der Waals surface area (Å²) >= 11 is 2.50. The van der Waals surface area contributed by atoms with E-state index in [1.807, 2.05) is 18.3 Å². The topological polar surface area (TPSA) is 67.6 Å². The molecule has 0 aliphatic heterocycles. The number of fused-ring (bicyclic) bond motifs is 7. The Kier molecular flexibility index (Phi) is 10.3. The summed E-state index contributed by atoms with van der Waals surface area (Å²) in [6, 6.07) is 80.9. The second kappa shape index (κ2) is 17.6. The van der Waals surface area contributed by atoms with Crippen LogP contribution in [0.5, 0.6) is 11.5 Å². The summed E-state index contributed by atoms with van der Waals surface area (Å²) in [5.74, 6) is 2.78. The molecule has 8 nitrogen and oxygen atoms in total. The molecule has 14 rings (SSSR count). The van der Waals surface area contributed by atoms with Crippen molar-refractivity contribution in [1.29, 1.82) is 0 Å². The number of pyridine rings is 1. The number of ether oxygens (including phenoxy) is 1. The van der Waals surface area contributed by atoms with Gasteiger partial charge in [0.15, 0.2) is 5.82 Å². The maximum absolute atomic E-state index is 6.91. The normalized spacial score (nSPS) is 11.6. The predicted molar refractivity (Wildman–Crippen MR) is 291 cm³/mol. The molecule has 0 N–H and O–H groups in total. The van der Waals surface area contributed by atoms with Gasteiger partial charge in [0, 0.05) is 29.4 Å². The average Bonchev–Trinajstić information content (AvgIpc) is 4.08. The molecule has 0 spiro atoms. The molecule has 14 aromatic rings. The molecule has 348 valence electrons. The Balaban J connectivity index is 0.907. The molecule has 0 saturated carbocycles. The van der Waals surface area contributed by atoms with Gasteiger partial charge in [0.05, 0.1) is 22.3 Å². The standard InChI is InChI=1S/C64H41N7O.Pt/c1-3-18-43(19-4-1)48-27-16-28-49(44-20-5-2-6-21-44)63(48)69-42-68(58-32-13-14-33-59(58)69)45-22-15-23-46(38-45)72-47-34-35-53-52-26-9-12-31-57(52)71(60(53)39-47)62-40-61(54(41-67-62)64-65-36-17-37-66-64)70-55-29-10-7-24-50(55)51-25-8-11-30-56(51)70;/h1-41H;. The number of nitrogens with zero attached hydrogens (tertiary/aromatic N) is 7. The van der Waals surface area contributed by atoms with Crippen LogP contribution in [-0.2, 0) is 19.4 Å². The van der Waals surface area contributed by atoms with Crippen LogP contribution in [0, 0.1) is 3.80 Å². The average molecular weight is 1120 g/mol. The van der Waals surface area contributed by atoms with E-state index in [9.17, 15) is 0 Å². The van der Waals surface area contributed by atoms with E-state index in [1.165, 1.54) is 10.8 Å². The summed E-state index contributed by atoms with van der Waals surface area (Å²) in [7, 11) is 0. The van der Waals surface area contributed by atoms with Crippen molar-refractivity contribution in [2.24, 2.45) is 0 Å². The zero-order chi connectivity index (χ0) is 48.4. The molecule has 5 heterocycles. The van der Waals surface area contributed by atoms with Crippen molar-refractivity contribution in [3.05, 3.63) is 253 Å². The van der Waals surface area contributed by atoms with Crippen LogP contribution in [0.3, 0.4) is 0 Å². The Morgan fingerprint density at radius 1 is 0.356 bits per heavy atom. The van der Waals surface area contributed by atoms with Crippen LogP contribution in [0.25, 0.3) is 111 Å². The molecule has 0 unspecified atom stereocenters. The van der Waals surface area contributed by atoms with Crippen LogP contribution in [-0.4, -0.2) is 33.2 Å². The van der Waals surface area contributed by atoms with Crippen molar-refractivity contribution in [1.82, 2.24) is 33.2 Å². The van der Waals surface area contributed by atoms with Crippen LogP contribution >= 0.6 is 0 Å². The molecule has 5 aromatic heterocycles. The van der Waals surface area contributed by atoms with Crippen molar-refractivity contribution in [2.75, 3.05) is 0 Å². The van der Waals surface area contributed by atoms with Gasteiger partial charge in [0.1, 0.15) is 0 Å². The first kappa shape index (κ1) is 42.6. The maximum atomic E-state index is 6.91. The van der Waals surface area contributed by atoms with E-state index < -0.39 is 0 Å². The number of hydrogen-bond donors (Lipinski definition) is 0. The van der Waals surface area contributed by atoms with Crippen LogP contribution in [0.15, 0.2) is 249 Å². The van der Waals surface area contributed by atoms with Crippen LogP contribution in [0.1, 0.15) is 0 Å². The molecule has 0 fully saturated rings. The SMILES string of the molecule is [Pt]=[c]1n(-c2cccc(Oc3ccc4c5ccccc5n(-c5cc(-n6c7ccccc7c7ccccc76)c(-c6ncccn6)cn5)c4c3)c2)c2ccccc2n1-c1c(-c2ccccc2)cccc1-c1ccccc1. The molecule has 0 radical (unpaired) electrons. The summed E-state index contributed by atoms with van der Waals surface area (Å²) in [4.78, 5) is 14.7. The Bertz CT molecular complexity index is 4390. The van der Waals surface area contributed by atoms with Gasteiger partial charge >= 0.3 is 294 Å². The fraction of sp³-hybridized carbons (Fsp3) is 0. The van der Waals surface area contributed by atoms with E-state index in [0.29, 0.717) is 17.3 Å². The first-order chi connectivity index (χ1) is 36.2. The number of aromatic nitrogens is 7. The fourth-order valence-electron chi connectivity index (χ4n) is 10.7. The second-order valence-electron chi connectivity index (χ2n) is 18.0. The number of rotatable bonds is 9. The molecule has 0 saturated heterocycles. The van der Waals surface area contributed by atoms with Gasteiger partial charge in [-0.15, -0.1) is 0 Å². The molecular formula is C64H41N7OPt. The molecular weight excluding hydrogens is 1080 g/mol. The van der Waals surface area contributed by atoms with Gasteiger partial charge in [-0.3, -0.25) is 0 Å². The summed E-state index contributed by atoms with van der Waals surface area (Å²) in [5, 5.41) is 4.55. The Hall–Kier alpha value is -9.23. The molecule has 9 heteroatoms. The Labute approximate surface area is 430 Å². The van der Waals surface area contributed by atoms with E-state index in [-0.39, 0.29) is 0 Å². The zero-order valence-corrected chi connectivity index (χ0v) is 41.3. The van der Waals surface area contributed by atoms with Gasteiger partial charge < -0.3 is 4.57 Å². The Morgan fingerprint density at radius 3 is 1.51 bits per heavy atom. The van der Waals surface area contributed by atoms with E-state index >= 15 is 0 Å². The number of benzene rings is 9. The van der Waals surface area contributed by atoms with Crippen molar-refractivity contribution in [3.8, 4) is 68.0 Å². The molecule has 0 aliphatic rings. The van der Waals surface area contributed by atoms with E-state index in [1.54, 1.807) is 12.4 Å². The van der Waals surface area contributed by atoms with Crippen molar-refractivity contribution in [3.63, 3.8) is 0 Å². The first-order valence-electron chi connectivity index (χ1n) is 24.2. The molecule has 0 amide bonds.